The molecule has 1 heterocycles. The van der Waals surface area contributed by atoms with Gasteiger partial charge >= 0.3 is 5.97 Å². The van der Waals surface area contributed by atoms with Crippen molar-refractivity contribution in [1.29, 1.82) is 0 Å². The Labute approximate surface area is 98.5 Å². The highest BCUT2D eigenvalue weighted by Gasteiger charge is 2.04. The standard InChI is InChI=1S/C12H13N3O2/c1-8-12(13-7-6-11(16)17)15-10-5-3-2-4-9(10)14-8/h2-5H,6-7H2,1H3,(H,13,15)(H,16,17). The molecule has 0 bridgehead atoms. The van der Waals surface area contributed by atoms with E-state index in [-0.39, 0.29) is 6.42 Å². The number of carboxylic acid groups (broad SMARTS) is 1. The number of nitrogens with one attached hydrogen (secondary N) is 1. The number of aliphatic carboxylic acids is 1. The molecule has 0 radical (unpaired) electrons. The zero-order valence-electron chi connectivity index (χ0n) is 9.47. The molecule has 2 rings (SSSR count). The number of benzene rings is 1. The molecule has 0 saturated carbocycles. The maximum atomic E-state index is 10.4. The minimum Gasteiger partial charge on any atom is -0.481 e. The van der Waals surface area contributed by atoms with Crippen LogP contribution in [0.3, 0.4) is 0 Å². The summed E-state index contributed by atoms with van der Waals surface area (Å²) in [6.45, 7) is 2.20. The molecule has 0 fully saturated rings. The Balaban J connectivity index is 2.22. The molecule has 1 aromatic carbocycles. The van der Waals surface area contributed by atoms with Gasteiger partial charge in [0.05, 0.1) is 23.1 Å². The summed E-state index contributed by atoms with van der Waals surface area (Å²) in [4.78, 5) is 19.2. The van der Waals surface area contributed by atoms with E-state index in [9.17, 15) is 4.79 Å². The van der Waals surface area contributed by atoms with Gasteiger partial charge in [-0.2, -0.15) is 0 Å². The number of carbonyl (C=O) groups is 1. The molecule has 17 heavy (non-hydrogen) atoms. The van der Waals surface area contributed by atoms with Crippen molar-refractivity contribution in [2.75, 3.05) is 11.9 Å². The molecule has 0 saturated heterocycles. The van der Waals surface area contributed by atoms with E-state index in [0.717, 1.165) is 16.7 Å². The molecule has 5 heteroatoms. The first-order chi connectivity index (χ1) is 8.16. The van der Waals surface area contributed by atoms with Crippen molar-refractivity contribution < 1.29 is 9.90 Å². The summed E-state index contributed by atoms with van der Waals surface area (Å²) in [5.74, 6) is -0.186. The summed E-state index contributed by atoms with van der Waals surface area (Å²) >= 11 is 0. The highest BCUT2D eigenvalue weighted by atomic mass is 16.4. The molecule has 0 amide bonds. The predicted molar refractivity (Wildman–Crippen MR) is 65.0 cm³/mol. The van der Waals surface area contributed by atoms with Crippen LogP contribution in [0.25, 0.3) is 11.0 Å². The first-order valence-electron chi connectivity index (χ1n) is 5.36. The number of aromatic nitrogens is 2. The molecule has 2 N–H and O–H groups in total. The van der Waals surface area contributed by atoms with Crippen molar-refractivity contribution in [3.8, 4) is 0 Å². The predicted octanol–water partition coefficient (Wildman–Crippen LogP) is 1.82. The third-order valence-electron chi connectivity index (χ3n) is 2.38. The van der Waals surface area contributed by atoms with Crippen LogP contribution < -0.4 is 5.32 Å². The summed E-state index contributed by atoms with van der Waals surface area (Å²) in [6.07, 6.45) is 0.0634. The summed E-state index contributed by atoms with van der Waals surface area (Å²) in [5, 5.41) is 11.5. The highest BCUT2D eigenvalue weighted by molar-refractivity contribution is 5.76. The van der Waals surface area contributed by atoms with E-state index in [0.29, 0.717) is 12.4 Å². The normalized spacial score (nSPS) is 10.4. The van der Waals surface area contributed by atoms with Crippen molar-refractivity contribution in [3.05, 3.63) is 30.0 Å². The first-order valence-corrected chi connectivity index (χ1v) is 5.36. The fourth-order valence-electron chi connectivity index (χ4n) is 1.54. The van der Waals surface area contributed by atoms with Crippen molar-refractivity contribution >= 4 is 22.8 Å². The van der Waals surface area contributed by atoms with Crippen LogP contribution in [0, 0.1) is 6.92 Å². The average molecular weight is 231 g/mol. The lowest BCUT2D eigenvalue weighted by molar-refractivity contribution is -0.136. The maximum Gasteiger partial charge on any atom is 0.305 e. The van der Waals surface area contributed by atoms with E-state index in [1.807, 2.05) is 31.2 Å². The van der Waals surface area contributed by atoms with E-state index in [1.165, 1.54) is 0 Å². The van der Waals surface area contributed by atoms with E-state index < -0.39 is 5.97 Å². The number of para-hydroxylation sites is 2. The zero-order valence-corrected chi connectivity index (χ0v) is 9.47. The summed E-state index contributed by atoms with van der Waals surface area (Å²) < 4.78 is 0. The molecule has 88 valence electrons. The fourth-order valence-corrected chi connectivity index (χ4v) is 1.54. The van der Waals surface area contributed by atoms with Gasteiger partial charge in [0.25, 0.3) is 0 Å². The molecule has 1 aromatic heterocycles. The Kier molecular flexibility index (Phi) is 3.18. The van der Waals surface area contributed by atoms with Crippen molar-refractivity contribution in [1.82, 2.24) is 9.97 Å². The number of fused-ring (bicyclic) bond motifs is 1. The molecule has 0 unspecified atom stereocenters. The van der Waals surface area contributed by atoms with Gasteiger partial charge in [-0.25, -0.2) is 9.97 Å². The van der Waals surface area contributed by atoms with E-state index in [1.54, 1.807) is 0 Å². The number of nitrogens with zero attached hydrogens (tertiary/aromatic N) is 2. The monoisotopic (exact) mass is 231 g/mol. The minimum absolute atomic E-state index is 0.0634. The maximum absolute atomic E-state index is 10.4. The third kappa shape index (κ3) is 2.69. The van der Waals surface area contributed by atoms with E-state index in [4.69, 9.17) is 5.11 Å². The molecule has 0 atom stereocenters. The molecule has 0 aliphatic carbocycles. The van der Waals surface area contributed by atoms with Crippen LogP contribution >= 0.6 is 0 Å². The molecule has 2 aromatic rings. The Morgan fingerprint density at radius 1 is 1.29 bits per heavy atom. The fraction of sp³-hybridized carbons (Fsp3) is 0.250. The van der Waals surface area contributed by atoms with Crippen LogP contribution in [0.15, 0.2) is 24.3 Å². The Bertz CT molecular complexity index is 554. The smallest absolute Gasteiger partial charge is 0.305 e. The molecule has 0 aliphatic heterocycles. The second-order valence-electron chi connectivity index (χ2n) is 3.72. The number of hydrogen-bond acceptors (Lipinski definition) is 4. The van der Waals surface area contributed by atoms with E-state index in [2.05, 4.69) is 15.3 Å². The topological polar surface area (TPSA) is 75.1 Å². The van der Waals surface area contributed by atoms with Crippen molar-refractivity contribution in [2.24, 2.45) is 0 Å². The second kappa shape index (κ2) is 4.78. The van der Waals surface area contributed by atoms with Gasteiger partial charge in [0, 0.05) is 6.54 Å². The van der Waals surface area contributed by atoms with Crippen molar-refractivity contribution in [2.45, 2.75) is 13.3 Å². The number of anilines is 1. The van der Waals surface area contributed by atoms with Gasteiger partial charge in [0.1, 0.15) is 5.82 Å². The Morgan fingerprint density at radius 2 is 1.94 bits per heavy atom. The van der Waals surface area contributed by atoms with Crippen LogP contribution in [-0.2, 0) is 4.79 Å². The van der Waals surface area contributed by atoms with Crippen LogP contribution in [-0.4, -0.2) is 27.6 Å². The molecule has 0 aliphatic rings. The molecule has 5 nitrogen and oxygen atoms in total. The van der Waals surface area contributed by atoms with Gasteiger partial charge in [-0.3, -0.25) is 4.79 Å². The second-order valence-corrected chi connectivity index (χ2v) is 3.72. The van der Waals surface area contributed by atoms with Gasteiger partial charge in [-0.15, -0.1) is 0 Å². The summed E-state index contributed by atoms with van der Waals surface area (Å²) in [7, 11) is 0. The number of aryl methyl sites for hydroxylation is 1. The van der Waals surface area contributed by atoms with Crippen LogP contribution in [0.5, 0.6) is 0 Å². The van der Waals surface area contributed by atoms with Crippen LogP contribution in [0.1, 0.15) is 12.1 Å². The average Bonchev–Trinajstić information content (AvgIpc) is 2.29. The lowest BCUT2D eigenvalue weighted by Crippen LogP contribution is -2.10. The third-order valence-corrected chi connectivity index (χ3v) is 2.38. The highest BCUT2D eigenvalue weighted by Crippen LogP contribution is 2.15. The largest absolute Gasteiger partial charge is 0.481 e. The summed E-state index contributed by atoms with van der Waals surface area (Å²) in [5.41, 5.74) is 2.42. The molecular weight excluding hydrogens is 218 g/mol. The summed E-state index contributed by atoms with van der Waals surface area (Å²) in [6, 6.07) is 7.59. The van der Waals surface area contributed by atoms with Gasteiger partial charge in [-0.1, -0.05) is 12.1 Å². The minimum atomic E-state index is -0.830. The Morgan fingerprint density at radius 3 is 2.59 bits per heavy atom. The van der Waals surface area contributed by atoms with Gasteiger partial charge in [0.15, 0.2) is 0 Å². The van der Waals surface area contributed by atoms with E-state index >= 15 is 0 Å². The first kappa shape index (κ1) is 11.3. The van der Waals surface area contributed by atoms with Gasteiger partial charge < -0.3 is 10.4 Å². The lowest BCUT2D eigenvalue weighted by atomic mass is 10.3. The van der Waals surface area contributed by atoms with Gasteiger partial charge in [-0.05, 0) is 19.1 Å². The van der Waals surface area contributed by atoms with Crippen LogP contribution in [0.2, 0.25) is 0 Å². The number of rotatable bonds is 4. The molecular formula is C12H13N3O2. The Hall–Kier alpha value is -2.17. The number of carboxylic acids is 1. The van der Waals surface area contributed by atoms with Crippen LogP contribution in [0.4, 0.5) is 5.82 Å². The quantitative estimate of drug-likeness (QED) is 0.839. The molecule has 0 spiro atoms. The number of hydrogen-bond donors (Lipinski definition) is 2. The zero-order chi connectivity index (χ0) is 12.3. The lowest BCUT2D eigenvalue weighted by Gasteiger charge is -2.07. The van der Waals surface area contributed by atoms with Crippen molar-refractivity contribution in [3.63, 3.8) is 0 Å². The van der Waals surface area contributed by atoms with Gasteiger partial charge in [0.2, 0.25) is 0 Å². The SMILES string of the molecule is Cc1nc2ccccc2nc1NCCC(=O)O.